The summed E-state index contributed by atoms with van der Waals surface area (Å²) in [4.78, 5) is 27.5. The van der Waals surface area contributed by atoms with Crippen molar-refractivity contribution in [3.05, 3.63) is 10.4 Å². The number of hydrogen-bond donors (Lipinski definition) is 2. The lowest BCUT2D eigenvalue weighted by molar-refractivity contribution is -0.131. The second-order valence-electron chi connectivity index (χ2n) is 8.04. The molecule has 0 aliphatic heterocycles. The van der Waals surface area contributed by atoms with Gasteiger partial charge in [-0.15, -0.1) is 0 Å². The molecule has 0 saturated heterocycles. The molecule has 0 aliphatic rings. The number of carbonyl (C=O) groups excluding carboxylic acids is 2. The Balaban J connectivity index is 3.94. The average Bonchev–Trinajstić information content (AvgIpc) is 2.89. The van der Waals surface area contributed by atoms with Gasteiger partial charge in [0.05, 0.1) is 65.5 Å². The molecule has 0 heterocycles. The van der Waals surface area contributed by atoms with Gasteiger partial charge in [-0.05, 0) is 44.2 Å². The molecule has 13 nitrogen and oxygen atoms in total. The van der Waals surface area contributed by atoms with Crippen LogP contribution in [0.3, 0.4) is 0 Å². The Bertz CT molecular complexity index is 593. The number of Topliss-reactive ketones (excluding diaryl/α,β-unsaturated/α-hetero) is 1. The molecule has 1 amide bonds. The Morgan fingerprint density at radius 2 is 1.38 bits per heavy atom. The third kappa shape index (κ3) is 25.6. The summed E-state index contributed by atoms with van der Waals surface area (Å²) in [5.74, 6) is -0.370. The van der Waals surface area contributed by atoms with Crippen LogP contribution >= 0.6 is 0 Å². The second-order valence-corrected chi connectivity index (χ2v) is 8.04. The van der Waals surface area contributed by atoms with Gasteiger partial charge in [-0.25, -0.2) is 0 Å². The lowest BCUT2D eigenvalue weighted by Gasteiger charge is -2.18. The summed E-state index contributed by atoms with van der Waals surface area (Å²) >= 11 is 0. The normalized spacial score (nSPS) is 11.7. The fraction of sp³-hybridized carbons (Fsp3) is 0.917. The zero-order chi connectivity index (χ0) is 27.2. The van der Waals surface area contributed by atoms with Crippen molar-refractivity contribution < 1.29 is 38.0 Å². The molecule has 0 rings (SSSR count). The number of rotatable bonds is 29. The first-order valence-electron chi connectivity index (χ1n) is 13.1. The first-order valence-corrected chi connectivity index (χ1v) is 13.1. The maximum atomic E-state index is 12.7. The Kier molecular flexibility index (Phi) is 27.3. The van der Waals surface area contributed by atoms with Crippen LogP contribution in [0.2, 0.25) is 0 Å². The van der Waals surface area contributed by atoms with Crippen molar-refractivity contribution in [2.75, 3.05) is 92.4 Å². The Hall–Kier alpha value is -1.83. The summed E-state index contributed by atoms with van der Waals surface area (Å²) in [7, 11) is 0. The second kappa shape index (κ2) is 28.7. The number of nitrogens with zero attached hydrogens (tertiary/aromatic N) is 3. The number of carbonyl (C=O) groups is 2. The summed E-state index contributed by atoms with van der Waals surface area (Å²) in [5.41, 5.74) is 13.7. The van der Waals surface area contributed by atoms with Crippen LogP contribution in [-0.4, -0.2) is 110 Å². The van der Waals surface area contributed by atoms with Crippen LogP contribution in [0.15, 0.2) is 5.11 Å². The molecule has 3 N–H and O–H groups in total. The Morgan fingerprint density at radius 1 is 0.811 bits per heavy atom. The number of nitrogens with two attached hydrogens (primary N) is 1. The van der Waals surface area contributed by atoms with Crippen molar-refractivity contribution in [2.45, 2.75) is 51.5 Å². The van der Waals surface area contributed by atoms with Gasteiger partial charge in [0.25, 0.3) is 0 Å². The predicted octanol–water partition coefficient (Wildman–Crippen LogP) is 1.77. The van der Waals surface area contributed by atoms with Crippen molar-refractivity contribution in [1.29, 1.82) is 0 Å². The highest BCUT2D eigenvalue weighted by atomic mass is 16.5. The minimum atomic E-state index is -0.562. The van der Waals surface area contributed by atoms with Crippen LogP contribution in [0, 0.1) is 0 Å². The molecule has 13 heteroatoms. The molecule has 0 spiro atoms. The van der Waals surface area contributed by atoms with Gasteiger partial charge in [0.2, 0.25) is 5.91 Å². The average molecular weight is 534 g/mol. The van der Waals surface area contributed by atoms with E-state index in [1.165, 1.54) is 0 Å². The van der Waals surface area contributed by atoms with E-state index in [1.54, 1.807) is 0 Å². The predicted molar refractivity (Wildman–Crippen MR) is 138 cm³/mol. The van der Waals surface area contributed by atoms with Crippen LogP contribution in [0.25, 0.3) is 10.4 Å². The van der Waals surface area contributed by atoms with Gasteiger partial charge in [0.1, 0.15) is 6.61 Å². The summed E-state index contributed by atoms with van der Waals surface area (Å²) in [5, 5.41) is 6.13. The summed E-state index contributed by atoms with van der Waals surface area (Å²) < 4.78 is 32.1. The molecule has 216 valence electrons. The number of ether oxygens (including phenoxy) is 6. The molecular weight excluding hydrogens is 486 g/mol. The Labute approximate surface area is 220 Å². The summed E-state index contributed by atoms with van der Waals surface area (Å²) in [6, 6.07) is -0.562. The fourth-order valence-electron chi connectivity index (χ4n) is 3.01. The minimum absolute atomic E-state index is 0.0258. The number of unbranched alkanes of at least 4 members (excludes halogenated alkanes) is 1. The van der Waals surface area contributed by atoms with Crippen LogP contribution in [0.5, 0.6) is 0 Å². The molecule has 0 aromatic heterocycles. The van der Waals surface area contributed by atoms with Crippen molar-refractivity contribution in [1.82, 2.24) is 5.32 Å². The lowest BCUT2D eigenvalue weighted by atomic mass is 10.0. The van der Waals surface area contributed by atoms with Gasteiger partial charge < -0.3 is 39.5 Å². The summed E-state index contributed by atoms with van der Waals surface area (Å²) in [6.45, 7) is 7.62. The van der Waals surface area contributed by atoms with Crippen molar-refractivity contribution >= 4 is 11.7 Å². The van der Waals surface area contributed by atoms with Crippen LogP contribution < -0.4 is 11.1 Å². The van der Waals surface area contributed by atoms with Gasteiger partial charge in [-0.2, -0.15) is 0 Å². The van der Waals surface area contributed by atoms with E-state index >= 15 is 0 Å². The van der Waals surface area contributed by atoms with Gasteiger partial charge >= 0.3 is 0 Å². The maximum Gasteiger partial charge on any atom is 0.246 e. The van der Waals surface area contributed by atoms with E-state index in [9.17, 15) is 9.59 Å². The van der Waals surface area contributed by atoms with E-state index in [0.717, 1.165) is 25.9 Å². The van der Waals surface area contributed by atoms with E-state index < -0.39 is 6.04 Å². The zero-order valence-corrected chi connectivity index (χ0v) is 22.4. The summed E-state index contributed by atoms with van der Waals surface area (Å²) in [6.07, 6.45) is 3.96. The van der Waals surface area contributed by atoms with Gasteiger partial charge in [0.15, 0.2) is 5.78 Å². The SMILES string of the molecule is CCCOCCOCCOCCCC(=O)[C@H](CCCCN)NC(=O)COCCOCCOCCN=[N+]=[N-]. The number of hydrogen-bond acceptors (Lipinski definition) is 10. The smallest absolute Gasteiger partial charge is 0.246 e. The topological polar surface area (TPSA) is 176 Å². The highest BCUT2D eigenvalue weighted by molar-refractivity contribution is 5.89. The highest BCUT2D eigenvalue weighted by Gasteiger charge is 2.20. The maximum absolute atomic E-state index is 12.7. The van der Waals surface area contributed by atoms with Gasteiger partial charge in [-0.1, -0.05) is 12.0 Å². The third-order valence-corrected chi connectivity index (χ3v) is 4.85. The molecule has 0 unspecified atom stereocenters. The monoisotopic (exact) mass is 533 g/mol. The molecule has 0 aromatic carbocycles. The molecule has 0 saturated carbocycles. The van der Waals surface area contributed by atoms with E-state index in [4.69, 9.17) is 39.7 Å². The van der Waals surface area contributed by atoms with Crippen LogP contribution in [0.1, 0.15) is 45.4 Å². The molecule has 0 aliphatic carbocycles. The fourth-order valence-corrected chi connectivity index (χ4v) is 3.01. The first-order chi connectivity index (χ1) is 18.2. The van der Waals surface area contributed by atoms with Crippen molar-refractivity contribution in [3.8, 4) is 0 Å². The number of ketones is 1. The van der Waals surface area contributed by atoms with Crippen LogP contribution in [-0.2, 0) is 38.0 Å². The first kappa shape index (κ1) is 35.2. The van der Waals surface area contributed by atoms with Gasteiger partial charge in [0, 0.05) is 31.1 Å². The largest absolute Gasteiger partial charge is 0.379 e. The molecule has 0 bridgehead atoms. The van der Waals surface area contributed by atoms with E-state index in [0.29, 0.717) is 85.3 Å². The number of azide groups is 1. The van der Waals surface area contributed by atoms with E-state index in [2.05, 4.69) is 22.3 Å². The zero-order valence-electron chi connectivity index (χ0n) is 22.4. The number of nitrogens with one attached hydrogen (secondary N) is 1. The van der Waals surface area contributed by atoms with Crippen molar-refractivity contribution in [2.24, 2.45) is 10.8 Å². The van der Waals surface area contributed by atoms with E-state index in [1.807, 2.05) is 0 Å². The lowest BCUT2D eigenvalue weighted by Crippen LogP contribution is -2.42. The van der Waals surface area contributed by atoms with Crippen molar-refractivity contribution in [3.63, 3.8) is 0 Å². The molecular formula is C24H47N5O8. The molecule has 37 heavy (non-hydrogen) atoms. The third-order valence-electron chi connectivity index (χ3n) is 4.85. The standard InChI is InChI=1S/C24H47N5O8/c1-2-10-32-13-16-35-17-14-33-11-5-7-23(30)22(6-3-4-8-25)28-24(31)21-37-20-19-36-18-15-34-12-9-27-29-26/h22H,2-21,25H2,1H3,(H,28,31)/t22-/m0/s1. The van der Waals surface area contributed by atoms with Crippen LogP contribution in [0.4, 0.5) is 0 Å². The van der Waals surface area contributed by atoms with Gasteiger partial charge in [-0.3, -0.25) is 9.59 Å². The quantitative estimate of drug-likeness (QED) is 0.0628. The Morgan fingerprint density at radius 3 is 1.97 bits per heavy atom. The number of amides is 1. The molecule has 1 atom stereocenters. The molecule has 0 fully saturated rings. The molecule has 0 radical (unpaired) electrons. The molecule has 0 aromatic rings. The van der Waals surface area contributed by atoms with E-state index in [-0.39, 0.29) is 31.4 Å². The highest BCUT2D eigenvalue weighted by Crippen LogP contribution is 2.06. The minimum Gasteiger partial charge on any atom is -0.379 e.